The summed E-state index contributed by atoms with van der Waals surface area (Å²) in [4.78, 5) is 4.44. The number of anilines is 1. The van der Waals surface area contributed by atoms with Gasteiger partial charge in [0.15, 0.2) is 9.84 Å². The van der Waals surface area contributed by atoms with E-state index in [4.69, 9.17) is 0 Å². The average Bonchev–Trinajstić information content (AvgIpc) is 2.79. The van der Waals surface area contributed by atoms with Crippen molar-refractivity contribution >= 4 is 15.5 Å². The third-order valence-electron chi connectivity index (χ3n) is 6.01. The highest BCUT2D eigenvalue weighted by atomic mass is 32.2. The zero-order valence-electron chi connectivity index (χ0n) is 18.5. The van der Waals surface area contributed by atoms with E-state index in [0.29, 0.717) is 25.2 Å². The van der Waals surface area contributed by atoms with Crippen LogP contribution in [0.4, 0.5) is 23.2 Å². The van der Waals surface area contributed by atoms with E-state index in [1.54, 1.807) is 18.2 Å². The minimum absolute atomic E-state index is 0.123. The Labute approximate surface area is 196 Å². The van der Waals surface area contributed by atoms with E-state index >= 15 is 0 Å². The van der Waals surface area contributed by atoms with Crippen molar-refractivity contribution in [1.82, 2.24) is 4.90 Å². The van der Waals surface area contributed by atoms with Gasteiger partial charge in [0.2, 0.25) is 0 Å². The summed E-state index contributed by atoms with van der Waals surface area (Å²) in [6.45, 7) is 1.97. The van der Waals surface area contributed by atoms with E-state index in [2.05, 4.69) is 9.80 Å². The third kappa shape index (κ3) is 5.42. The molecule has 1 aliphatic rings. The Kier molecular flexibility index (Phi) is 6.69. The van der Waals surface area contributed by atoms with Crippen LogP contribution in [0.3, 0.4) is 0 Å². The van der Waals surface area contributed by atoms with Crippen molar-refractivity contribution in [3.05, 3.63) is 95.3 Å². The molecule has 0 unspecified atom stereocenters. The Bertz CT molecular complexity index is 1260. The molecule has 0 N–H and O–H groups in total. The first-order valence-corrected chi connectivity index (χ1v) is 12.6. The second kappa shape index (κ2) is 9.38. The standard InChI is InChI=1S/C25H24F4N2O2S/c1-34(32,33)21-9-5-8-20(15-21)30-12-13-31(24(17-30)19-6-3-2-4-7-19)16-18-10-11-22(23(26)14-18)25(27,28)29/h2-11,14-15,24H,12-13,16-17H2,1H3/t24-/m0/s1. The van der Waals surface area contributed by atoms with Crippen molar-refractivity contribution in [2.75, 3.05) is 30.8 Å². The lowest BCUT2D eigenvalue weighted by molar-refractivity contribution is -0.140. The number of rotatable bonds is 5. The molecule has 1 saturated heterocycles. The molecule has 1 atom stereocenters. The van der Waals surface area contributed by atoms with Crippen LogP contribution in [0.15, 0.2) is 77.7 Å². The van der Waals surface area contributed by atoms with Crippen LogP contribution in [0.5, 0.6) is 0 Å². The zero-order valence-corrected chi connectivity index (χ0v) is 19.3. The largest absolute Gasteiger partial charge is 0.419 e. The Morgan fingerprint density at radius 2 is 1.68 bits per heavy atom. The number of sulfone groups is 1. The molecule has 0 spiro atoms. The molecular formula is C25H24F4N2O2S. The van der Waals surface area contributed by atoms with Crippen LogP contribution in [0, 0.1) is 5.82 Å². The molecule has 4 rings (SSSR count). The van der Waals surface area contributed by atoms with E-state index in [0.717, 1.165) is 23.4 Å². The number of hydrogen-bond acceptors (Lipinski definition) is 4. The predicted molar refractivity (Wildman–Crippen MR) is 123 cm³/mol. The molecule has 3 aromatic rings. The maximum Gasteiger partial charge on any atom is 0.419 e. The van der Waals surface area contributed by atoms with E-state index in [9.17, 15) is 26.0 Å². The highest BCUT2D eigenvalue weighted by molar-refractivity contribution is 7.90. The molecule has 0 aliphatic carbocycles. The van der Waals surface area contributed by atoms with E-state index < -0.39 is 27.4 Å². The SMILES string of the molecule is CS(=O)(=O)c1cccc(N2CCN(Cc3ccc(C(F)(F)F)c(F)c3)[C@H](c3ccccc3)C2)c1. The van der Waals surface area contributed by atoms with Gasteiger partial charge in [0.05, 0.1) is 16.5 Å². The molecule has 0 amide bonds. The fourth-order valence-electron chi connectivity index (χ4n) is 4.27. The summed E-state index contributed by atoms with van der Waals surface area (Å²) in [7, 11) is -3.35. The quantitative estimate of drug-likeness (QED) is 0.453. The summed E-state index contributed by atoms with van der Waals surface area (Å²) in [5, 5.41) is 0. The van der Waals surface area contributed by atoms with Gasteiger partial charge in [-0.25, -0.2) is 12.8 Å². The molecule has 4 nitrogen and oxygen atoms in total. The van der Waals surface area contributed by atoms with Crippen molar-refractivity contribution in [2.24, 2.45) is 0 Å². The number of nitrogens with zero attached hydrogens (tertiary/aromatic N) is 2. The minimum atomic E-state index is -4.73. The lowest BCUT2D eigenvalue weighted by Crippen LogP contribution is -2.48. The lowest BCUT2D eigenvalue weighted by atomic mass is 10.0. The second-order valence-electron chi connectivity index (χ2n) is 8.42. The third-order valence-corrected chi connectivity index (χ3v) is 7.12. The maximum atomic E-state index is 14.1. The van der Waals surface area contributed by atoms with E-state index in [1.807, 2.05) is 36.4 Å². The number of alkyl halides is 3. The van der Waals surface area contributed by atoms with Gasteiger partial charge in [-0.3, -0.25) is 4.90 Å². The Hall–Kier alpha value is -2.91. The van der Waals surface area contributed by atoms with E-state index in [1.165, 1.54) is 12.3 Å². The van der Waals surface area contributed by atoms with Crippen LogP contribution in [-0.4, -0.2) is 39.2 Å². The van der Waals surface area contributed by atoms with Crippen molar-refractivity contribution in [2.45, 2.75) is 23.7 Å². The summed E-state index contributed by atoms with van der Waals surface area (Å²) < 4.78 is 76.9. The molecule has 1 heterocycles. The van der Waals surface area contributed by atoms with Crippen LogP contribution in [0.25, 0.3) is 0 Å². The Morgan fingerprint density at radius 3 is 2.32 bits per heavy atom. The van der Waals surface area contributed by atoms with Crippen LogP contribution in [0.2, 0.25) is 0 Å². The van der Waals surface area contributed by atoms with Crippen LogP contribution < -0.4 is 4.90 Å². The van der Waals surface area contributed by atoms with Crippen molar-refractivity contribution in [3.8, 4) is 0 Å². The number of halogens is 4. The minimum Gasteiger partial charge on any atom is -0.368 e. The predicted octanol–water partition coefficient (Wildman–Crippen LogP) is 5.31. The molecule has 9 heteroatoms. The summed E-state index contributed by atoms with van der Waals surface area (Å²) in [6.07, 6.45) is -3.57. The van der Waals surface area contributed by atoms with Crippen LogP contribution in [0.1, 0.15) is 22.7 Å². The fourth-order valence-corrected chi connectivity index (χ4v) is 4.93. The normalized spacial score (nSPS) is 17.7. The van der Waals surface area contributed by atoms with Crippen molar-refractivity contribution < 1.29 is 26.0 Å². The van der Waals surface area contributed by atoms with Gasteiger partial charge in [0.1, 0.15) is 5.82 Å². The van der Waals surface area contributed by atoms with Gasteiger partial charge in [-0.2, -0.15) is 13.2 Å². The maximum absolute atomic E-state index is 14.1. The zero-order chi connectivity index (χ0) is 24.5. The molecule has 180 valence electrons. The van der Waals surface area contributed by atoms with E-state index in [-0.39, 0.29) is 17.5 Å². The van der Waals surface area contributed by atoms with Gasteiger partial charge in [-0.15, -0.1) is 0 Å². The highest BCUT2D eigenvalue weighted by Gasteiger charge is 2.34. The molecule has 1 aliphatic heterocycles. The monoisotopic (exact) mass is 492 g/mol. The molecular weight excluding hydrogens is 468 g/mol. The molecule has 3 aromatic carbocycles. The number of piperazine rings is 1. The summed E-state index contributed by atoms with van der Waals surface area (Å²) in [5.41, 5.74) is 0.980. The first-order chi connectivity index (χ1) is 16.0. The molecule has 34 heavy (non-hydrogen) atoms. The molecule has 0 bridgehead atoms. The van der Waals surface area contributed by atoms with Gasteiger partial charge in [0.25, 0.3) is 0 Å². The summed E-state index contributed by atoms with van der Waals surface area (Å²) in [6, 6.07) is 19.4. The lowest BCUT2D eigenvalue weighted by Gasteiger charge is -2.43. The second-order valence-corrected chi connectivity index (χ2v) is 10.4. The van der Waals surface area contributed by atoms with Crippen LogP contribution in [-0.2, 0) is 22.6 Å². The number of benzene rings is 3. The van der Waals surface area contributed by atoms with Crippen molar-refractivity contribution in [1.29, 1.82) is 0 Å². The fraction of sp³-hybridized carbons (Fsp3) is 0.280. The van der Waals surface area contributed by atoms with Gasteiger partial charge >= 0.3 is 6.18 Å². The highest BCUT2D eigenvalue weighted by Crippen LogP contribution is 2.34. The average molecular weight is 493 g/mol. The summed E-state index contributed by atoms with van der Waals surface area (Å²) >= 11 is 0. The number of hydrogen-bond donors (Lipinski definition) is 0. The molecule has 1 fully saturated rings. The van der Waals surface area contributed by atoms with Crippen molar-refractivity contribution in [3.63, 3.8) is 0 Å². The molecule has 0 aromatic heterocycles. The summed E-state index contributed by atoms with van der Waals surface area (Å²) in [5.74, 6) is -1.28. The smallest absolute Gasteiger partial charge is 0.368 e. The van der Waals surface area contributed by atoms with Gasteiger partial charge in [-0.05, 0) is 41.5 Å². The van der Waals surface area contributed by atoms with Gasteiger partial charge < -0.3 is 4.90 Å². The molecule has 0 radical (unpaired) electrons. The Balaban J connectivity index is 1.61. The first kappa shape index (κ1) is 24.2. The van der Waals surface area contributed by atoms with Gasteiger partial charge in [-0.1, -0.05) is 42.5 Å². The first-order valence-electron chi connectivity index (χ1n) is 10.7. The van der Waals surface area contributed by atoms with Gasteiger partial charge in [0, 0.05) is 38.1 Å². The molecule has 0 saturated carbocycles. The Morgan fingerprint density at radius 1 is 0.941 bits per heavy atom. The topological polar surface area (TPSA) is 40.6 Å². The van der Waals surface area contributed by atoms with Crippen LogP contribution >= 0.6 is 0 Å².